The molecule has 0 aromatic heterocycles. The Bertz CT molecular complexity index is 426. The molecule has 2 rings (SSSR count). The standard InChI is InChI=1S/C14H20F2N2O/c1-10(2)18-5-6-19-12(9-18)8-17-11-3-4-13(15)14(16)7-11/h3-4,7,10,12,17H,5-6,8-9H2,1-2H3. The van der Waals surface area contributed by atoms with Crippen LogP contribution in [-0.2, 0) is 4.74 Å². The first kappa shape index (κ1) is 14.2. The number of halogens is 2. The predicted octanol–water partition coefficient (Wildman–Crippen LogP) is 2.49. The van der Waals surface area contributed by atoms with Crippen molar-refractivity contribution < 1.29 is 13.5 Å². The van der Waals surface area contributed by atoms with E-state index in [9.17, 15) is 8.78 Å². The lowest BCUT2D eigenvalue weighted by molar-refractivity contribution is -0.0315. The van der Waals surface area contributed by atoms with Gasteiger partial charge in [0.1, 0.15) is 0 Å². The van der Waals surface area contributed by atoms with E-state index < -0.39 is 11.6 Å². The summed E-state index contributed by atoms with van der Waals surface area (Å²) in [5, 5.41) is 3.08. The highest BCUT2D eigenvalue weighted by molar-refractivity contribution is 5.43. The van der Waals surface area contributed by atoms with Crippen LogP contribution in [0.25, 0.3) is 0 Å². The van der Waals surface area contributed by atoms with Gasteiger partial charge >= 0.3 is 0 Å². The van der Waals surface area contributed by atoms with Crippen LogP contribution in [0, 0.1) is 11.6 Å². The molecule has 1 fully saturated rings. The largest absolute Gasteiger partial charge is 0.382 e. The number of morpholine rings is 1. The first-order valence-corrected chi connectivity index (χ1v) is 6.61. The monoisotopic (exact) mass is 270 g/mol. The molecule has 1 saturated heterocycles. The Labute approximate surface area is 112 Å². The minimum atomic E-state index is -0.835. The summed E-state index contributed by atoms with van der Waals surface area (Å²) in [6.07, 6.45) is 0.0734. The molecule has 3 nitrogen and oxygen atoms in total. The SMILES string of the molecule is CC(C)N1CCOC(CNc2ccc(F)c(F)c2)C1. The summed E-state index contributed by atoms with van der Waals surface area (Å²) in [5.41, 5.74) is 0.573. The Balaban J connectivity index is 1.86. The molecular formula is C14H20F2N2O. The summed E-state index contributed by atoms with van der Waals surface area (Å²) in [6, 6.07) is 4.31. The third-order valence-electron chi connectivity index (χ3n) is 3.35. The number of nitrogens with zero attached hydrogens (tertiary/aromatic N) is 1. The fourth-order valence-electron chi connectivity index (χ4n) is 2.17. The highest BCUT2D eigenvalue weighted by Gasteiger charge is 2.21. The van der Waals surface area contributed by atoms with Crippen molar-refractivity contribution in [3.8, 4) is 0 Å². The van der Waals surface area contributed by atoms with Crippen LogP contribution in [0.3, 0.4) is 0 Å². The highest BCUT2D eigenvalue weighted by Crippen LogP contribution is 2.14. The Morgan fingerprint density at radius 1 is 1.37 bits per heavy atom. The quantitative estimate of drug-likeness (QED) is 0.909. The van der Waals surface area contributed by atoms with Gasteiger partial charge < -0.3 is 10.1 Å². The first-order valence-electron chi connectivity index (χ1n) is 6.61. The average molecular weight is 270 g/mol. The molecule has 1 aliphatic rings. The number of hydrogen-bond acceptors (Lipinski definition) is 3. The molecule has 1 aromatic rings. The molecule has 1 N–H and O–H groups in total. The highest BCUT2D eigenvalue weighted by atomic mass is 19.2. The molecule has 5 heteroatoms. The van der Waals surface area contributed by atoms with Gasteiger partial charge in [-0.3, -0.25) is 4.90 Å². The zero-order valence-corrected chi connectivity index (χ0v) is 11.3. The Morgan fingerprint density at radius 3 is 2.84 bits per heavy atom. The summed E-state index contributed by atoms with van der Waals surface area (Å²) < 4.78 is 31.5. The van der Waals surface area contributed by atoms with Gasteiger partial charge in [0.2, 0.25) is 0 Å². The van der Waals surface area contributed by atoms with Gasteiger partial charge in [-0.2, -0.15) is 0 Å². The Hall–Kier alpha value is -1.20. The molecule has 0 bridgehead atoms. The maximum absolute atomic E-state index is 13.1. The van der Waals surface area contributed by atoms with E-state index in [-0.39, 0.29) is 6.10 Å². The summed E-state index contributed by atoms with van der Waals surface area (Å²) in [4.78, 5) is 2.35. The molecule has 1 atom stereocenters. The molecule has 1 heterocycles. The van der Waals surface area contributed by atoms with Crippen LogP contribution in [0.2, 0.25) is 0 Å². The summed E-state index contributed by atoms with van der Waals surface area (Å²) in [5.74, 6) is -1.66. The van der Waals surface area contributed by atoms with Crippen molar-refractivity contribution >= 4 is 5.69 Å². The zero-order valence-electron chi connectivity index (χ0n) is 11.3. The smallest absolute Gasteiger partial charge is 0.160 e. The maximum atomic E-state index is 13.1. The van der Waals surface area contributed by atoms with Crippen molar-refractivity contribution in [2.45, 2.75) is 26.0 Å². The lowest BCUT2D eigenvalue weighted by atomic mass is 10.2. The Kier molecular flexibility index (Phi) is 4.71. The van der Waals surface area contributed by atoms with Gasteiger partial charge in [0.15, 0.2) is 11.6 Å². The van der Waals surface area contributed by atoms with Crippen molar-refractivity contribution in [2.75, 3.05) is 31.6 Å². The van der Waals surface area contributed by atoms with Crippen LogP contribution in [-0.4, -0.2) is 43.3 Å². The van der Waals surface area contributed by atoms with Gasteiger partial charge in [-0.1, -0.05) is 0 Å². The van der Waals surface area contributed by atoms with Crippen molar-refractivity contribution in [3.05, 3.63) is 29.8 Å². The molecular weight excluding hydrogens is 250 g/mol. The normalized spacial score (nSPS) is 20.8. The minimum Gasteiger partial charge on any atom is -0.382 e. The lowest BCUT2D eigenvalue weighted by Crippen LogP contribution is -2.48. The van der Waals surface area contributed by atoms with Crippen LogP contribution >= 0.6 is 0 Å². The van der Waals surface area contributed by atoms with E-state index in [0.717, 1.165) is 19.2 Å². The second kappa shape index (κ2) is 6.30. The van der Waals surface area contributed by atoms with Gasteiger partial charge in [-0.15, -0.1) is 0 Å². The van der Waals surface area contributed by atoms with Gasteiger partial charge in [0.05, 0.1) is 12.7 Å². The predicted molar refractivity (Wildman–Crippen MR) is 71.3 cm³/mol. The van der Waals surface area contributed by atoms with Gasteiger partial charge in [0, 0.05) is 37.4 Å². The molecule has 1 unspecified atom stereocenters. The fourth-order valence-corrected chi connectivity index (χ4v) is 2.17. The van der Waals surface area contributed by atoms with Crippen LogP contribution < -0.4 is 5.32 Å². The number of ether oxygens (including phenoxy) is 1. The first-order chi connectivity index (χ1) is 9.06. The van der Waals surface area contributed by atoms with E-state index in [1.54, 1.807) is 0 Å². The van der Waals surface area contributed by atoms with Gasteiger partial charge in [0.25, 0.3) is 0 Å². The van der Waals surface area contributed by atoms with E-state index in [4.69, 9.17) is 4.74 Å². The average Bonchev–Trinajstić information content (AvgIpc) is 2.40. The van der Waals surface area contributed by atoms with Crippen molar-refractivity contribution in [1.82, 2.24) is 4.90 Å². The molecule has 0 saturated carbocycles. The summed E-state index contributed by atoms with van der Waals surface area (Å²) in [6.45, 7) is 7.42. The number of nitrogens with one attached hydrogen (secondary N) is 1. The van der Waals surface area contributed by atoms with E-state index in [0.29, 0.717) is 24.9 Å². The van der Waals surface area contributed by atoms with Crippen LogP contribution in [0.15, 0.2) is 18.2 Å². The van der Waals surface area contributed by atoms with Crippen LogP contribution in [0.5, 0.6) is 0 Å². The van der Waals surface area contributed by atoms with Crippen LogP contribution in [0.4, 0.5) is 14.5 Å². The van der Waals surface area contributed by atoms with E-state index in [1.807, 2.05) is 0 Å². The molecule has 1 aliphatic heterocycles. The minimum absolute atomic E-state index is 0.0734. The number of hydrogen-bond donors (Lipinski definition) is 1. The Morgan fingerprint density at radius 2 is 2.16 bits per heavy atom. The van der Waals surface area contributed by atoms with Crippen molar-refractivity contribution in [3.63, 3.8) is 0 Å². The number of benzene rings is 1. The molecule has 0 amide bonds. The second-order valence-corrected chi connectivity index (χ2v) is 5.09. The van der Waals surface area contributed by atoms with Crippen molar-refractivity contribution in [1.29, 1.82) is 0 Å². The second-order valence-electron chi connectivity index (χ2n) is 5.09. The van der Waals surface area contributed by atoms with Gasteiger partial charge in [-0.25, -0.2) is 8.78 Å². The van der Waals surface area contributed by atoms with Gasteiger partial charge in [-0.05, 0) is 26.0 Å². The fraction of sp³-hybridized carbons (Fsp3) is 0.571. The third-order valence-corrected chi connectivity index (χ3v) is 3.35. The molecule has 106 valence electrons. The lowest BCUT2D eigenvalue weighted by Gasteiger charge is -2.35. The van der Waals surface area contributed by atoms with Crippen LogP contribution in [0.1, 0.15) is 13.8 Å². The topological polar surface area (TPSA) is 24.5 Å². The van der Waals surface area contributed by atoms with E-state index in [1.165, 1.54) is 12.1 Å². The van der Waals surface area contributed by atoms with E-state index in [2.05, 4.69) is 24.1 Å². The molecule has 0 aliphatic carbocycles. The zero-order chi connectivity index (χ0) is 13.8. The molecule has 1 aromatic carbocycles. The molecule has 19 heavy (non-hydrogen) atoms. The van der Waals surface area contributed by atoms with Crippen molar-refractivity contribution in [2.24, 2.45) is 0 Å². The van der Waals surface area contributed by atoms with E-state index >= 15 is 0 Å². The molecule has 0 spiro atoms. The number of anilines is 1. The maximum Gasteiger partial charge on any atom is 0.160 e. The summed E-state index contributed by atoms with van der Waals surface area (Å²) >= 11 is 0. The number of rotatable bonds is 4. The third kappa shape index (κ3) is 3.88. The molecule has 0 radical (unpaired) electrons. The summed E-state index contributed by atoms with van der Waals surface area (Å²) in [7, 11) is 0.